The summed E-state index contributed by atoms with van der Waals surface area (Å²) in [6, 6.07) is 7.72. The van der Waals surface area contributed by atoms with E-state index < -0.39 is 11.8 Å². The van der Waals surface area contributed by atoms with Gasteiger partial charge in [0.2, 0.25) is 11.8 Å². The van der Waals surface area contributed by atoms with E-state index in [0.29, 0.717) is 13.0 Å². The summed E-state index contributed by atoms with van der Waals surface area (Å²) in [5, 5.41) is 1.09. The van der Waals surface area contributed by atoms with Gasteiger partial charge in [-0.05, 0) is 30.0 Å². The number of aromatic amines is 1. The second kappa shape index (κ2) is 3.87. The van der Waals surface area contributed by atoms with Crippen molar-refractivity contribution in [2.45, 2.75) is 6.42 Å². The Morgan fingerprint density at radius 2 is 2.22 bits per heavy atom. The number of amides is 2. The molecule has 2 aromatic rings. The van der Waals surface area contributed by atoms with Crippen LogP contribution >= 0.6 is 0 Å². The van der Waals surface area contributed by atoms with Crippen molar-refractivity contribution in [3.8, 4) is 0 Å². The van der Waals surface area contributed by atoms with Gasteiger partial charge < -0.3 is 15.6 Å². The van der Waals surface area contributed by atoms with Gasteiger partial charge in [-0.15, -0.1) is 0 Å². The normalized spacial score (nSPS) is 19.7. The molecule has 2 amide bonds. The van der Waals surface area contributed by atoms with Gasteiger partial charge in [0.05, 0.1) is 0 Å². The number of aromatic nitrogens is 1. The number of H-pyrrole nitrogens is 1. The van der Waals surface area contributed by atoms with Crippen molar-refractivity contribution < 1.29 is 9.59 Å². The van der Waals surface area contributed by atoms with Crippen LogP contribution in [-0.4, -0.2) is 23.3 Å². The van der Waals surface area contributed by atoms with E-state index in [1.165, 1.54) is 0 Å². The maximum absolute atomic E-state index is 12.0. The quantitative estimate of drug-likeness (QED) is 0.772. The lowest BCUT2D eigenvalue weighted by Gasteiger charge is -2.16. The summed E-state index contributed by atoms with van der Waals surface area (Å²) in [6.07, 6.45) is 2.35. The SMILES string of the molecule is NC(=O)C1CCN(c2ccc3cc[nH]c3c2)C1=O. The number of fused-ring (bicyclic) bond motifs is 1. The first kappa shape index (κ1) is 10.8. The number of anilines is 1. The number of carbonyl (C=O) groups excluding carboxylic acids is 2. The van der Waals surface area contributed by atoms with Crippen LogP contribution in [0.3, 0.4) is 0 Å². The molecule has 18 heavy (non-hydrogen) atoms. The average molecular weight is 243 g/mol. The number of nitrogens with one attached hydrogen (secondary N) is 1. The summed E-state index contributed by atoms with van der Waals surface area (Å²) in [5.74, 6) is -1.42. The lowest BCUT2D eigenvalue weighted by Crippen LogP contribution is -2.33. The Morgan fingerprint density at radius 1 is 1.39 bits per heavy atom. The van der Waals surface area contributed by atoms with E-state index >= 15 is 0 Å². The van der Waals surface area contributed by atoms with Crippen LogP contribution in [0.2, 0.25) is 0 Å². The molecule has 1 aliphatic heterocycles. The smallest absolute Gasteiger partial charge is 0.239 e. The molecule has 1 atom stereocenters. The average Bonchev–Trinajstić information content (AvgIpc) is 2.93. The van der Waals surface area contributed by atoms with Gasteiger partial charge in [0.1, 0.15) is 5.92 Å². The topological polar surface area (TPSA) is 79.2 Å². The molecule has 0 spiro atoms. The summed E-state index contributed by atoms with van der Waals surface area (Å²) in [5.41, 5.74) is 6.99. The molecule has 0 bridgehead atoms. The van der Waals surface area contributed by atoms with Crippen molar-refractivity contribution in [1.82, 2.24) is 4.98 Å². The molecular formula is C13H13N3O2. The molecule has 1 aromatic heterocycles. The summed E-state index contributed by atoms with van der Waals surface area (Å²) < 4.78 is 0. The maximum Gasteiger partial charge on any atom is 0.239 e. The molecule has 1 aliphatic rings. The Balaban J connectivity index is 1.95. The van der Waals surface area contributed by atoms with E-state index in [0.717, 1.165) is 16.6 Å². The molecule has 0 aliphatic carbocycles. The number of carbonyl (C=O) groups is 2. The number of nitrogens with two attached hydrogens (primary N) is 1. The fourth-order valence-corrected chi connectivity index (χ4v) is 2.40. The van der Waals surface area contributed by atoms with Crippen LogP contribution in [0.5, 0.6) is 0 Å². The van der Waals surface area contributed by atoms with Crippen LogP contribution in [-0.2, 0) is 9.59 Å². The molecule has 2 heterocycles. The minimum absolute atomic E-state index is 0.201. The highest BCUT2D eigenvalue weighted by Crippen LogP contribution is 2.27. The first-order valence-electron chi connectivity index (χ1n) is 5.84. The van der Waals surface area contributed by atoms with E-state index in [4.69, 9.17) is 5.73 Å². The minimum Gasteiger partial charge on any atom is -0.369 e. The molecule has 3 rings (SSSR count). The summed E-state index contributed by atoms with van der Waals surface area (Å²) in [7, 11) is 0. The molecule has 0 saturated carbocycles. The Morgan fingerprint density at radius 3 is 2.94 bits per heavy atom. The molecule has 1 saturated heterocycles. The van der Waals surface area contributed by atoms with E-state index in [2.05, 4.69) is 4.98 Å². The van der Waals surface area contributed by atoms with Crippen molar-refractivity contribution in [2.75, 3.05) is 11.4 Å². The van der Waals surface area contributed by atoms with E-state index in [1.54, 1.807) is 4.90 Å². The third-order valence-electron chi connectivity index (χ3n) is 3.40. The molecular weight excluding hydrogens is 230 g/mol. The first-order valence-corrected chi connectivity index (χ1v) is 5.84. The second-order valence-electron chi connectivity index (χ2n) is 4.48. The fraction of sp³-hybridized carbons (Fsp3) is 0.231. The summed E-state index contributed by atoms with van der Waals surface area (Å²) in [4.78, 5) is 27.9. The number of hydrogen-bond acceptors (Lipinski definition) is 2. The molecule has 5 heteroatoms. The molecule has 1 unspecified atom stereocenters. The fourth-order valence-electron chi connectivity index (χ4n) is 2.40. The molecule has 5 nitrogen and oxygen atoms in total. The Labute approximate surface area is 104 Å². The highest BCUT2D eigenvalue weighted by molar-refractivity contribution is 6.09. The first-order chi connectivity index (χ1) is 8.66. The number of hydrogen-bond donors (Lipinski definition) is 2. The monoisotopic (exact) mass is 243 g/mol. The van der Waals surface area contributed by atoms with Gasteiger partial charge >= 0.3 is 0 Å². The van der Waals surface area contributed by atoms with Gasteiger partial charge in [0.15, 0.2) is 0 Å². The third-order valence-corrected chi connectivity index (χ3v) is 3.40. The predicted molar refractivity (Wildman–Crippen MR) is 68.0 cm³/mol. The lowest BCUT2D eigenvalue weighted by atomic mass is 10.1. The van der Waals surface area contributed by atoms with Crippen LogP contribution in [0, 0.1) is 5.92 Å². The summed E-state index contributed by atoms with van der Waals surface area (Å²) in [6.45, 7) is 0.540. The van der Waals surface area contributed by atoms with Crippen LogP contribution < -0.4 is 10.6 Å². The Bertz CT molecular complexity index is 632. The largest absolute Gasteiger partial charge is 0.369 e. The van der Waals surface area contributed by atoms with Gasteiger partial charge in [0.25, 0.3) is 0 Å². The zero-order valence-electron chi connectivity index (χ0n) is 9.72. The Hall–Kier alpha value is -2.30. The Kier molecular flexibility index (Phi) is 2.33. The van der Waals surface area contributed by atoms with Crippen LogP contribution in [0.1, 0.15) is 6.42 Å². The van der Waals surface area contributed by atoms with E-state index in [-0.39, 0.29) is 5.91 Å². The maximum atomic E-state index is 12.0. The van der Waals surface area contributed by atoms with Gasteiger partial charge in [-0.1, -0.05) is 6.07 Å². The third kappa shape index (κ3) is 1.55. The molecule has 92 valence electrons. The second-order valence-corrected chi connectivity index (χ2v) is 4.48. The van der Waals surface area contributed by atoms with Crippen molar-refractivity contribution in [2.24, 2.45) is 11.7 Å². The van der Waals surface area contributed by atoms with Crippen molar-refractivity contribution in [3.63, 3.8) is 0 Å². The standard InChI is InChI=1S/C13H13N3O2/c14-12(17)10-4-6-16(13(10)18)9-2-1-8-3-5-15-11(8)7-9/h1-3,5,7,10,15H,4,6H2,(H2,14,17). The van der Waals surface area contributed by atoms with Crippen LogP contribution in [0.4, 0.5) is 5.69 Å². The minimum atomic E-state index is -0.677. The molecule has 1 fully saturated rings. The highest BCUT2D eigenvalue weighted by atomic mass is 16.2. The number of rotatable bonds is 2. The molecule has 1 aromatic carbocycles. The highest BCUT2D eigenvalue weighted by Gasteiger charge is 2.36. The number of nitrogens with zero attached hydrogens (tertiary/aromatic N) is 1. The zero-order chi connectivity index (χ0) is 12.7. The van der Waals surface area contributed by atoms with Crippen molar-refractivity contribution in [1.29, 1.82) is 0 Å². The molecule has 0 radical (unpaired) electrons. The van der Waals surface area contributed by atoms with Crippen LogP contribution in [0.25, 0.3) is 10.9 Å². The number of benzene rings is 1. The lowest BCUT2D eigenvalue weighted by molar-refractivity contribution is -0.130. The zero-order valence-corrected chi connectivity index (χ0v) is 9.72. The summed E-state index contributed by atoms with van der Waals surface area (Å²) >= 11 is 0. The van der Waals surface area contributed by atoms with Crippen molar-refractivity contribution >= 4 is 28.4 Å². The van der Waals surface area contributed by atoms with Gasteiger partial charge in [-0.3, -0.25) is 9.59 Å². The van der Waals surface area contributed by atoms with E-state index in [1.807, 2.05) is 30.5 Å². The van der Waals surface area contributed by atoms with Crippen LogP contribution in [0.15, 0.2) is 30.5 Å². The van der Waals surface area contributed by atoms with Gasteiger partial charge in [0, 0.05) is 23.9 Å². The number of primary amides is 1. The van der Waals surface area contributed by atoms with Gasteiger partial charge in [-0.25, -0.2) is 0 Å². The van der Waals surface area contributed by atoms with E-state index in [9.17, 15) is 9.59 Å². The van der Waals surface area contributed by atoms with Gasteiger partial charge in [-0.2, -0.15) is 0 Å². The molecule has 3 N–H and O–H groups in total. The predicted octanol–water partition coefficient (Wildman–Crippen LogP) is 1.01. The van der Waals surface area contributed by atoms with Crippen molar-refractivity contribution in [3.05, 3.63) is 30.5 Å².